The molecule has 0 radical (unpaired) electrons. The van der Waals surface area contributed by atoms with Crippen molar-refractivity contribution in [2.24, 2.45) is 17.6 Å². The van der Waals surface area contributed by atoms with Crippen LogP contribution in [0.1, 0.15) is 18.9 Å². The lowest BCUT2D eigenvalue weighted by Gasteiger charge is -2.15. The Morgan fingerprint density at radius 2 is 2.11 bits per heavy atom. The van der Waals surface area contributed by atoms with Crippen molar-refractivity contribution in [3.05, 3.63) is 35.9 Å². The van der Waals surface area contributed by atoms with Gasteiger partial charge in [0.2, 0.25) is 5.91 Å². The minimum atomic E-state index is -0.407. The van der Waals surface area contributed by atoms with Crippen LogP contribution in [0, 0.1) is 11.8 Å². The summed E-state index contributed by atoms with van der Waals surface area (Å²) in [7, 11) is 0. The average molecular weight is 262 g/mol. The summed E-state index contributed by atoms with van der Waals surface area (Å²) in [6.45, 7) is 2.12. The molecule has 0 aromatic heterocycles. The summed E-state index contributed by atoms with van der Waals surface area (Å²) in [5.41, 5.74) is 6.76. The lowest BCUT2D eigenvalue weighted by atomic mass is 9.98. The van der Waals surface area contributed by atoms with E-state index in [4.69, 9.17) is 18.0 Å². The molecule has 1 aromatic rings. The van der Waals surface area contributed by atoms with Gasteiger partial charge in [0.15, 0.2) is 0 Å². The van der Waals surface area contributed by atoms with Crippen LogP contribution in [0.3, 0.4) is 0 Å². The first-order valence-corrected chi connectivity index (χ1v) is 6.62. The van der Waals surface area contributed by atoms with Crippen molar-refractivity contribution in [3.63, 3.8) is 0 Å². The Labute approximate surface area is 113 Å². The highest BCUT2D eigenvalue weighted by Gasteiger charge is 2.35. The Kier molecular flexibility index (Phi) is 3.97. The second-order valence-electron chi connectivity index (χ2n) is 4.97. The standard InChI is InChI=1S/C14H18N2OS/c1-9-7-12(9)16-14(17)11(13(15)18)8-10-5-3-2-4-6-10/h2-6,9,11-12H,7-8H2,1H3,(H2,15,18)(H,16,17). The predicted molar refractivity (Wildman–Crippen MR) is 76.1 cm³/mol. The van der Waals surface area contributed by atoms with Crippen LogP contribution < -0.4 is 11.1 Å². The van der Waals surface area contributed by atoms with Crippen molar-refractivity contribution in [3.8, 4) is 0 Å². The summed E-state index contributed by atoms with van der Waals surface area (Å²) >= 11 is 5.01. The predicted octanol–water partition coefficient (Wildman–Crippen LogP) is 1.66. The number of nitrogens with one attached hydrogen (secondary N) is 1. The molecular weight excluding hydrogens is 244 g/mol. The molecule has 0 heterocycles. The van der Waals surface area contributed by atoms with Gasteiger partial charge in [-0.05, 0) is 24.3 Å². The summed E-state index contributed by atoms with van der Waals surface area (Å²) in [5.74, 6) is 0.133. The Balaban J connectivity index is 1.99. The van der Waals surface area contributed by atoms with E-state index in [0.29, 0.717) is 18.4 Å². The van der Waals surface area contributed by atoms with Crippen molar-refractivity contribution in [1.29, 1.82) is 0 Å². The summed E-state index contributed by atoms with van der Waals surface area (Å²) in [4.78, 5) is 12.4. The molecule has 0 saturated heterocycles. The van der Waals surface area contributed by atoms with Gasteiger partial charge in [-0.2, -0.15) is 0 Å². The third kappa shape index (κ3) is 3.29. The number of benzene rings is 1. The normalized spacial score (nSPS) is 23.2. The molecule has 1 saturated carbocycles. The molecule has 1 aliphatic rings. The maximum atomic E-state index is 12.1. The van der Waals surface area contributed by atoms with Gasteiger partial charge in [0.05, 0.1) is 10.9 Å². The summed E-state index contributed by atoms with van der Waals surface area (Å²) in [6.07, 6.45) is 1.63. The molecule has 2 rings (SSSR count). The SMILES string of the molecule is CC1CC1NC(=O)C(Cc1ccccc1)C(N)=S. The molecule has 3 N–H and O–H groups in total. The second kappa shape index (κ2) is 5.48. The minimum Gasteiger partial charge on any atom is -0.393 e. The van der Waals surface area contributed by atoms with E-state index in [1.165, 1.54) is 0 Å². The van der Waals surface area contributed by atoms with E-state index in [0.717, 1.165) is 12.0 Å². The molecule has 4 heteroatoms. The fourth-order valence-electron chi connectivity index (χ4n) is 1.98. The van der Waals surface area contributed by atoms with Gasteiger partial charge in [0.1, 0.15) is 0 Å². The maximum Gasteiger partial charge on any atom is 0.230 e. The number of nitrogens with two attached hydrogens (primary N) is 1. The number of carbonyl (C=O) groups excluding carboxylic acids is 1. The largest absolute Gasteiger partial charge is 0.393 e. The van der Waals surface area contributed by atoms with Crippen LogP contribution in [-0.4, -0.2) is 16.9 Å². The van der Waals surface area contributed by atoms with Crippen molar-refractivity contribution in [2.45, 2.75) is 25.8 Å². The molecule has 1 fully saturated rings. The summed E-state index contributed by atoms with van der Waals surface area (Å²) in [5, 5.41) is 3.00. The zero-order valence-electron chi connectivity index (χ0n) is 10.4. The highest BCUT2D eigenvalue weighted by Crippen LogP contribution is 2.29. The number of rotatable bonds is 5. The Morgan fingerprint density at radius 1 is 1.50 bits per heavy atom. The fourth-order valence-corrected chi connectivity index (χ4v) is 2.17. The van der Waals surface area contributed by atoms with E-state index in [2.05, 4.69) is 12.2 Å². The van der Waals surface area contributed by atoms with Crippen LogP contribution in [0.4, 0.5) is 0 Å². The van der Waals surface area contributed by atoms with Crippen molar-refractivity contribution in [2.75, 3.05) is 0 Å². The third-order valence-corrected chi connectivity index (χ3v) is 3.66. The number of hydrogen-bond donors (Lipinski definition) is 2. The molecule has 3 nitrogen and oxygen atoms in total. The van der Waals surface area contributed by atoms with E-state index >= 15 is 0 Å². The van der Waals surface area contributed by atoms with Crippen molar-refractivity contribution in [1.82, 2.24) is 5.32 Å². The number of amides is 1. The molecule has 1 aromatic carbocycles. The molecule has 1 aliphatic carbocycles. The molecule has 0 aliphatic heterocycles. The van der Waals surface area contributed by atoms with Gasteiger partial charge < -0.3 is 11.1 Å². The molecule has 0 spiro atoms. The Hall–Kier alpha value is -1.42. The van der Waals surface area contributed by atoms with Gasteiger partial charge in [-0.1, -0.05) is 49.5 Å². The van der Waals surface area contributed by atoms with E-state index in [1.807, 2.05) is 30.3 Å². The topological polar surface area (TPSA) is 55.1 Å². The highest BCUT2D eigenvalue weighted by atomic mass is 32.1. The first-order chi connectivity index (χ1) is 8.58. The van der Waals surface area contributed by atoms with Crippen LogP contribution in [0.25, 0.3) is 0 Å². The van der Waals surface area contributed by atoms with Gasteiger partial charge in [0, 0.05) is 6.04 Å². The van der Waals surface area contributed by atoms with Gasteiger partial charge in [0.25, 0.3) is 0 Å². The first kappa shape index (κ1) is 13.0. The van der Waals surface area contributed by atoms with Gasteiger partial charge in [-0.15, -0.1) is 0 Å². The minimum absolute atomic E-state index is 0.0410. The van der Waals surface area contributed by atoms with E-state index in [-0.39, 0.29) is 10.9 Å². The van der Waals surface area contributed by atoms with Crippen LogP contribution in [0.15, 0.2) is 30.3 Å². The van der Waals surface area contributed by atoms with Crippen molar-refractivity contribution < 1.29 is 4.79 Å². The zero-order valence-corrected chi connectivity index (χ0v) is 11.2. The monoisotopic (exact) mass is 262 g/mol. The van der Waals surface area contributed by atoms with Crippen LogP contribution >= 0.6 is 12.2 Å². The molecule has 3 unspecified atom stereocenters. The fraction of sp³-hybridized carbons (Fsp3) is 0.429. The quantitative estimate of drug-likeness (QED) is 0.793. The summed E-state index contributed by atoms with van der Waals surface area (Å²) < 4.78 is 0. The smallest absolute Gasteiger partial charge is 0.230 e. The lowest BCUT2D eigenvalue weighted by Crippen LogP contribution is -2.40. The first-order valence-electron chi connectivity index (χ1n) is 6.21. The van der Waals surface area contributed by atoms with Crippen LogP contribution in [-0.2, 0) is 11.2 Å². The Bertz CT molecular complexity index is 446. The molecule has 18 heavy (non-hydrogen) atoms. The number of hydrogen-bond acceptors (Lipinski definition) is 2. The summed E-state index contributed by atoms with van der Waals surface area (Å²) in [6, 6.07) is 10.1. The highest BCUT2D eigenvalue weighted by molar-refractivity contribution is 7.80. The number of carbonyl (C=O) groups is 1. The van der Waals surface area contributed by atoms with Gasteiger partial charge in [-0.3, -0.25) is 4.79 Å². The molecule has 1 amide bonds. The molecular formula is C14H18N2OS. The van der Waals surface area contributed by atoms with E-state index < -0.39 is 5.92 Å². The third-order valence-electron chi connectivity index (χ3n) is 3.38. The average Bonchev–Trinajstić information content (AvgIpc) is 3.02. The number of thiocarbonyl (C=S) groups is 1. The van der Waals surface area contributed by atoms with E-state index in [9.17, 15) is 4.79 Å². The van der Waals surface area contributed by atoms with Gasteiger partial charge in [-0.25, -0.2) is 0 Å². The molecule has 0 bridgehead atoms. The zero-order chi connectivity index (χ0) is 13.1. The van der Waals surface area contributed by atoms with E-state index in [1.54, 1.807) is 0 Å². The van der Waals surface area contributed by atoms with Crippen molar-refractivity contribution >= 4 is 23.1 Å². The van der Waals surface area contributed by atoms with Crippen LogP contribution in [0.2, 0.25) is 0 Å². The van der Waals surface area contributed by atoms with Crippen LogP contribution in [0.5, 0.6) is 0 Å². The molecule has 3 atom stereocenters. The molecule has 96 valence electrons. The Morgan fingerprint density at radius 3 is 2.61 bits per heavy atom. The second-order valence-corrected chi connectivity index (χ2v) is 5.44. The maximum absolute atomic E-state index is 12.1. The lowest BCUT2D eigenvalue weighted by molar-refractivity contribution is -0.123. The van der Waals surface area contributed by atoms with Gasteiger partial charge >= 0.3 is 0 Å².